The van der Waals surface area contributed by atoms with Gasteiger partial charge in [0.1, 0.15) is 0 Å². The molecule has 2 nitrogen and oxygen atoms in total. The van der Waals surface area contributed by atoms with Gasteiger partial charge in [0.25, 0.3) is 0 Å². The number of aromatic nitrogens is 1. The van der Waals surface area contributed by atoms with Crippen LogP contribution in [0.3, 0.4) is 0 Å². The van der Waals surface area contributed by atoms with E-state index in [4.69, 9.17) is 0 Å². The molecule has 1 aliphatic heterocycles. The monoisotopic (exact) mass is 674 g/mol. The fourth-order valence-corrected chi connectivity index (χ4v) is 8.55. The molecule has 0 aliphatic carbocycles. The number of rotatable bonds is 4. The van der Waals surface area contributed by atoms with Crippen molar-refractivity contribution in [1.82, 2.24) is 4.57 Å². The van der Waals surface area contributed by atoms with Crippen molar-refractivity contribution in [2.75, 3.05) is 4.90 Å². The summed E-state index contributed by atoms with van der Waals surface area (Å²) in [5.41, 5.74) is 14.8. The molecule has 53 heavy (non-hydrogen) atoms. The Morgan fingerprint density at radius 3 is 1.42 bits per heavy atom. The van der Waals surface area contributed by atoms with E-state index in [9.17, 15) is 0 Å². The third-order valence-corrected chi connectivity index (χ3v) is 11.1. The number of anilines is 3. The highest BCUT2D eigenvalue weighted by Gasteiger charge is 2.25. The Labute approximate surface area is 308 Å². The fraction of sp³-hybridized carbons (Fsp3) is 0.0196. The molecule has 0 amide bonds. The third-order valence-electron chi connectivity index (χ3n) is 11.1. The smallest absolute Gasteiger partial charge is 0.0541 e. The third kappa shape index (κ3) is 4.87. The van der Waals surface area contributed by atoms with Gasteiger partial charge in [-0.15, -0.1) is 0 Å². The number of hydrogen-bond acceptors (Lipinski definition) is 1. The van der Waals surface area contributed by atoms with Crippen molar-refractivity contribution < 1.29 is 0 Å². The molecule has 10 aromatic rings. The van der Waals surface area contributed by atoms with Crippen molar-refractivity contribution in [1.29, 1.82) is 0 Å². The molecule has 0 atom stereocenters. The molecule has 0 unspecified atom stereocenters. The molecule has 9 aromatic carbocycles. The predicted molar refractivity (Wildman–Crippen MR) is 224 cm³/mol. The zero-order valence-corrected chi connectivity index (χ0v) is 29.1. The van der Waals surface area contributed by atoms with Gasteiger partial charge >= 0.3 is 0 Å². The lowest BCUT2D eigenvalue weighted by atomic mass is 9.89. The van der Waals surface area contributed by atoms with Crippen LogP contribution in [-0.4, -0.2) is 4.57 Å². The van der Waals surface area contributed by atoms with Crippen molar-refractivity contribution in [3.63, 3.8) is 0 Å². The molecule has 0 saturated carbocycles. The summed E-state index contributed by atoms with van der Waals surface area (Å²) in [5.74, 6) is 0. The average Bonchev–Trinajstić information content (AvgIpc) is 3.56. The second-order valence-corrected chi connectivity index (χ2v) is 14.2. The maximum Gasteiger partial charge on any atom is 0.0541 e. The second kappa shape index (κ2) is 11.8. The fourth-order valence-electron chi connectivity index (χ4n) is 8.55. The summed E-state index contributed by atoms with van der Waals surface area (Å²) >= 11 is 0. The molecule has 0 radical (unpaired) electrons. The SMILES string of the molecule is c1ccc2cc(-c3ccc4c(c3)Cc3cc(-c5ccc(-n6c7ccccc7c7ccccc76)cc5)ccc3N4c3ccc4ccccc4c3)ccc2c1. The summed E-state index contributed by atoms with van der Waals surface area (Å²) in [4.78, 5) is 2.46. The van der Waals surface area contributed by atoms with E-state index in [1.165, 1.54) is 99.5 Å². The van der Waals surface area contributed by atoms with Gasteiger partial charge in [-0.25, -0.2) is 0 Å². The summed E-state index contributed by atoms with van der Waals surface area (Å²) in [7, 11) is 0. The number of hydrogen-bond donors (Lipinski definition) is 0. The van der Waals surface area contributed by atoms with Crippen molar-refractivity contribution in [2.24, 2.45) is 0 Å². The number of fused-ring (bicyclic) bond motifs is 7. The van der Waals surface area contributed by atoms with Crippen LogP contribution in [0.25, 0.3) is 71.3 Å². The van der Waals surface area contributed by atoms with Gasteiger partial charge in [0.2, 0.25) is 0 Å². The molecule has 0 bridgehead atoms. The van der Waals surface area contributed by atoms with Crippen LogP contribution in [0.5, 0.6) is 0 Å². The Morgan fingerprint density at radius 1 is 0.321 bits per heavy atom. The van der Waals surface area contributed by atoms with Crippen molar-refractivity contribution in [3.05, 3.63) is 205 Å². The molecule has 0 N–H and O–H groups in total. The minimum absolute atomic E-state index is 0.865. The highest BCUT2D eigenvalue weighted by Crippen LogP contribution is 2.47. The normalized spacial score (nSPS) is 12.4. The zero-order valence-electron chi connectivity index (χ0n) is 29.1. The van der Waals surface area contributed by atoms with E-state index in [-0.39, 0.29) is 0 Å². The lowest BCUT2D eigenvalue weighted by Crippen LogP contribution is -2.18. The number of benzene rings is 9. The van der Waals surface area contributed by atoms with E-state index in [1.54, 1.807) is 0 Å². The van der Waals surface area contributed by atoms with E-state index in [2.05, 4.69) is 204 Å². The van der Waals surface area contributed by atoms with Crippen LogP contribution in [0.2, 0.25) is 0 Å². The van der Waals surface area contributed by atoms with Crippen LogP contribution in [0.4, 0.5) is 17.1 Å². The Hall–Kier alpha value is -6.90. The summed E-state index contributed by atoms with van der Waals surface area (Å²) in [6, 6.07) is 71.4. The Kier molecular flexibility index (Phi) is 6.65. The first-order chi connectivity index (χ1) is 26.2. The first-order valence-corrected chi connectivity index (χ1v) is 18.4. The van der Waals surface area contributed by atoms with E-state index in [1.807, 2.05) is 0 Å². The topological polar surface area (TPSA) is 8.17 Å². The van der Waals surface area contributed by atoms with Crippen molar-refractivity contribution in [3.8, 4) is 27.9 Å². The molecule has 11 rings (SSSR count). The largest absolute Gasteiger partial charge is 0.310 e. The van der Waals surface area contributed by atoms with Crippen LogP contribution < -0.4 is 4.90 Å². The van der Waals surface area contributed by atoms with Gasteiger partial charge in [0.15, 0.2) is 0 Å². The lowest BCUT2D eigenvalue weighted by Gasteiger charge is -2.34. The molecule has 2 heterocycles. The van der Waals surface area contributed by atoms with Crippen molar-refractivity contribution in [2.45, 2.75) is 6.42 Å². The molecule has 1 aliphatic rings. The van der Waals surface area contributed by atoms with Crippen LogP contribution in [0, 0.1) is 0 Å². The van der Waals surface area contributed by atoms with Gasteiger partial charge in [0, 0.05) is 39.9 Å². The Bertz CT molecular complexity index is 2990. The molecular formula is C51H34N2. The van der Waals surface area contributed by atoms with Gasteiger partial charge in [0.05, 0.1) is 11.0 Å². The van der Waals surface area contributed by atoms with E-state index < -0.39 is 0 Å². The minimum atomic E-state index is 0.865. The van der Waals surface area contributed by atoms with Crippen LogP contribution in [0.1, 0.15) is 11.1 Å². The Balaban J connectivity index is 1.02. The number of nitrogens with zero attached hydrogens (tertiary/aromatic N) is 2. The summed E-state index contributed by atoms with van der Waals surface area (Å²) in [6.45, 7) is 0. The van der Waals surface area contributed by atoms with E-state index in [0.29, 0.717) is 0 Å². The van der Waals surface area contributed by atoms with Gasteiger partial charge in [-0.2, -0.15) is 0 Å². The second-order valence-electron chi connectivity index (χ2n) is 14.2. The lowest BCUT2D eigenvalue weighted by molar-refractivity contribution is 1.09. The number of para-hydroxylation sites is 2. The highest BCUT2D eigenvalue weighted by molar-refractivity contribution is 6.09. The first kappa shape index (κ1) is 29.8. The minimum Gasteiger partial charge on any atom is -0.310 e. The van der Waals surface area contributed by atoms with Gasteiger partial charge in [-0.1, -0.05) is 127 Å². The summed E-state index contributed by atoms with van der Waals surface area (Å²) in [6.07, 6.45) is 0.865. The standard InChI is InChI=1S/C51H34N2/c1-3-11-37-29-40(18-17-34(37)9-1)41-23-28-49-43(31-41)32-42-30-39(22-27-48(42)53(49)45-26-21-35-10-2-4-12-38(35)33-45)36-19-24-44(25-20-36)52-50-15-7-5-13-46(50)47-14-6-8-16-51(47)52/h1-31,33H,32H2. The summed E-state index contributed by atoms with van der Waals surface area (Å²) < 4.78 is 2.38. The van der Waals surface area contributed by atoms with Gasteiger partial charge in [-0.3, -0.25) is 0 Å². The van der Waals surface area contributed by atoms with Crippen LogP contribution in [0.15, 0.2) is 194 Å². The first-order valence-electron chi connectivity index (χ1n) is 18.4. The molecule has 0 fully saturated rings. The van der Waals surface area contributed by atoms with E-state index in [0.717, 1.165) is 6.42 Å². The molecule has 1 aromatic heterocycles. The highest BCUT2D eigenvalue weighted by atomic mass is 15.2. The molecule has 0 saturated heterocycles. The molecule has 248 valence electrons. The van der Waals surface area contributed by atoms with Gasteiger partial charge < -0.3 is 9.47 Å². The van der Waals surface area contributed by atoms with Crippen molar-refractivity contribution >= 4 is 60.4 Å². The Morgan fingerprint density at radius 2 is 0.774 bits per heavy atom. The quantitative estimate of drug-likeness (QED) is 0.180. The zero-order chi connectivity index (χ0) is 34.9. The molecule has 2 heteroatoms. The van der Waals surface area contributed by atoms with Crippen LogP contribution in [-0.2, 0) is 6.42 Å². The maximum atomic E-state index is 2.46. The summed E-state index contributed by atoms with van der Waals surface area (Å²) in [5, 5.41) is 7.58. The maximum absolute atomic E-state index is 2.46. The average molecular weight is 675 g/mol. The molecular weight excluding hydrogens is 641 g/mol. The van der Waals surface area contributed by atoms with Crippen LogP contribution >= 0.6 is 0 Å². The molecule has 0 spiro atoms. The predicted octanol–water partition coefficient (Wildman–Crippen LogP) is 13.8. The van der Waals surface area contributed by atoms with E-state index >= 15 is 0 Å². The van der Waals surface area contributed by atoms with Gasteiger partial charge in [-0.05, 0) is 122 Å².